The van der Waals surface area contributed by atoms with Gasteiger partial charge in [-0.15, -0.1) is 0 Å². The standard InChI is InChI=1S/C15H13BrCl2N2O2/c1-21-14-4-10(7-20-19)12(16)6-15(14)22-8-9-2-3-11(17)5-13(9)18/h2-7H,8,19H2,1H3. The molecule has 0 unspecified atom stereocenters. The van der Waals surface area contributed by atoms with Crippen LogP contribution in [0.25, 0.3) is 0 Å². The van der Waals surface area contributed by atoms with E-state index in [-0.39, 0.29) is 0 Å². The molecule has 0 bridgehead atoms. The van der Waals surface area contributed by atoms with E-state index >= 15 is 0 Å². The van der Waals surface area contributed by atoms with Gasteiger partial charge in [0.15, 0.2) is 11.5 Å². The minimum atomic E-state index is 0.295. The van der Waals surface area contributed by atoms with Gasteiger partial charge in [-0.1, -0.05) is 29.3 Å². The predicted molar refractivity (Wildman–Crippen MR) is 93.3 cm³/mol. The zero-order valence-electron chi connectivity index (χ0n) is 11.6. The highest BCUT2D eigenvalue weighted by Gasteiger charge is 2.11. The van der Waals surface area contributed by atoms with E-state index in [4.69, 9.17) is 38.5 Å². The van der Waals surface area contributed by atoms with Crippen LogP contribution in [-0.2, 0) is 6.61 Å². The van der Waals surface area contributed by atoms with Crippen molar-refractivity contribution in [1.82, 2.24) is 0 Å². The van der Waals surface area contributed by atoms with Gasteiger partial charge in [-0.25, -0.2) is 0 Å². The molecule has 0 fully saturated rings. The maximum Gasteiger partial charge on any atom is 0.162 e. The summed E-state index contributed by atoms with van der Waals surface area (Å²) < 4.78 is 11.9. The smallest absolute Gasteiger partial charge is 0.162 e. The molecule has 22 heavy (non-hydrogen) atoms. The summed E-state index contributed by atoms with van der Waals surface area (Å²) in [5, 5.41) is 4.64. The van der Waals surface area contributed by atoms with Crippen LogP contribution in [0.5, 0.6) is 11.5 Å². The summed E-state index contributed by atoms with van der Waals surface area (Å²) in [5.74, 6) is 6.32. The van der Waals surface area contributed by atoms with Crippen LogP contribution >= 0.6 is 39.1 Å². The molecule has 4 nitrogen and oxygen atoms in total. The van der Waals surface area contributed by atoms with Crippen LogP contribution in [0, 0.1) is 0 Å². The first-order valence-corrected chi connectivity index (χ1v) is 7.77. The zero-order chi connectivity index (χ0) is 16.1. The van der Waals surface area contributed by atoms with Gasteiger partial charge in [0.25, 0.3) is 0 Å². The van der Waals surface area contributed by atoms with Crippen molar-refractivity contribution in [1.29, 1.82) is 0 Å². The molecule has 2 aromatic rings. The Labute approximate surface area is 146 Å². The average molecular weight is 404 g/mol. The molecule has 2 N–H and O–H groups in total. The van der Waals surface area contributed by atoms with Crippen molar-refractivity contribution in [2.75, 3.05) is 7.11 Å². The number of nitrogens with two attached hydrogens (primary N) is 1. The summed E-state index contributed by atoms with van der Waals surface area (Å²) in [4.78, 5) is 0. The number of hydrazone groups is 1. The number of halogens is 3. The Bertz CT molecular complexity index is 708. The number of hydrogen-bond donors (Lipinski definition) is 1. The van der Waals surface area contributed by atoms with Gasteiger partial charge in [-0.3, -0.25) is 0 Å². The van der Waals surface area contributed by atoms with Crippen molar-refractivity contribution in [3.05, 3.63) is 56.0 Å². The number of ether oxygens (including phenoxy) is 2. The third kappa shape index (κ3) is 4.06. The van der Waals surface area contributed by atoms with Gasteiger partial charge >= 0.3 is 0 Å². The lowest BCUT2D eigenvalue weighted by molar-refractivity contribution is 0.284. The Morgan fingerprint density at radius 3 is 2.64 bits per heavy atom. The number of rotatable bonds is 5. The van der Waals surface area contributed by atoms with Gasteiger partial charge in [0.2, 0.25) is 0 Å². The molecule has 0 spiro atoms. The van der Waals surface area contributed by atoms with Crippen LogP contribution in [-0.4, -0.2) is 13.3 Å². The molecule has 7 heteroatoms. The van der Waals surface area contributed by atoms with Gasteiger partial charge in [0.05, 0.1) is 13.3 Å². The third-order valence-electron chi connectivity index (χ3n) is 2.89. The number of methoxy groups -OCH3 is 1. The first-order valence-electron chi connectivity index (χ1n) is 6.22. The highest BCUT2D eigenvalue weighted by atomic mass is 79.9. The highest BCUT2D eigenvalue weighted by molar-refractivity contribution is 9.10. The van der Waals surface area contributed by atoms with Crippen molar-refractivity contribution in [2.45, 2.75) is 6.61 Å². The molecule has 0 amide bonds. The molecule has 0 radical (unpaired) electrons. The van der Waals surface area contributed by atoms with Crippen LogP contribution in [0.15, 0.2) is 39.9 Å². The third-order valence-corrected chi connectivity index (χ3v) is 4.17. The molecule has 116 valence electrons. The lowest BCUT2D eigenvalue weighted by Crippen LogP contribution is -2.00. The van der Waals surface area contributed by atoms with Crippen LogP contribution in [0.2, 0.25) is 10.0 Å². The second kappa shape index (κ2) is 7.72. The molecule has 2 aromatic carbocycles. The highest BCUT2D eigenvalue weighted by Crippen LogP contribution is 2.34. The van der Waals surface area contributed by atoms with Crippen molar-refractivity contribution in [3.63, 3.8) is 0 Å². The van der Waals surface area contributed by atoms with Gasteiger partial charge in [-0.2, -0.15) is 5.10 Å². The van der Waals surface area contributed by atoms with Gasteiger partial charge in [0.1, 0.15) is 6.61 Å². The topological polar surface area (TPSA) is 56.8 Å². The van der Waals surface area contributed by atoms with Crippen molar-refractivity contribution in [3.8, 4) is 11.5 Å². The largest absolute Gasteiger partial charge is 0.493 e. The quantitative estimate of drug-likeness (QED) is 0.449. The second-order valence-corrected chi connectivity index (χ2v) is 6.03. The summed E-state index contributed by atoms with van der Waals surface area (Å²) in [6, 6.07) is 8.83. The molecule has 0 saturated heterocycles. The van der Waals surface area contributed by atoms with E-state index in [2.05, 4.69) is 21.0 Å². The van der Waals surface area contributed by atoms with Gasteiger partial charge in [-0.05, 0) is 40.2 Å². The summed E-state index contributed by atoms with van der Waals surface area (Å²) in [6.07, 6.45) is 1.52. The minimum absolute atomic E-state index is 0.295. The fourth-order valence-corrected chi connectivity index (χ4v) is 2.68. The van der Waals surface area contributed by atoms with E-state index in [0.29, 0.717) is 28.2 Å². The molecule has 0 aromatic heterocycles. The predicted octanol–water partition coefficient (Wildman–Crippen LogP) is 4.64. The van der Waals surface area contributed by atoms with Crippen molar-refractivity contribution in [2.24, 2.45) is 10.9 Å². The Balaban J connectivity index is 2.23. The Hall–Kier alpha value is -1.43. The van der Waals surface area contributed by atoms with Crippen LogP contribution in [0.3, 0.4) is 0 Å². The maximum absolute atomic E-state index is 6.13. The Morgan fingerprint density at radius 2 is 2.00 bits per heavy atom. The number of hydrogen-bond acceptors (Lipinski definition) is 4. The van der Waals surface area contributed by atoms with E-state index in [1.165, 1.54) is 6.21 Å². The summed E-state index contributed by atoms with van der Waals surface area (Å²) in [6.45, 7) is 0.295. The van der Waals surface area contributed by atoms with Crippen molar-refractivity contribution < 1.29 is 9.47 Å². The van der Waals surface area contributed by atoms with Crippen LogP contribution in [0.4, 0.5) is 0 Å². The van der Waals surface area contributed by atoms with E-state index < -0.39 is 0 Å². The first kappa shape index (κ1) is 16.9. The molecular weight excluding hydrogens is 391 g/mol. The normalized spacial score (nSPS) is 10.9. The molecular formula is C15H13BrCl2N2O2. The molecule has 0 aliphatic heterocycles. The molecule has 0 atom stereocenters. The van der Waals surface area contributed by atoms with Crippen LogP contribution < -0.4 is 15.3 Å². The summed E-state index contributed by atoms with van der Waals surface area (Å²) in [5.41, 5.74) is 1.62. The minimum Gasteiger partial charge on any atom is -0.493 e. The molecule has 0 aliphatic rings. The van der Waals surface area contributed by atoms with Gasteiger partial charge in [0, 0.05) is 25.6 Å². The van der Waals surface area contributed by atoms with Gasteiger partial charge < -0.3 is 15.3 Å². The summed E-state index contributed by atoms with van der Waals surface area (Å²) in [7, 11) is 1.56. The summed E-state index contributed by atoms with van der Waals surface area (Å²) >= 11 is 15.4. The number of benzene rings is 2. The second-order valence-electron chi connectivity index (χ2n) is 4.33. The molecule has 0 aliphatic carbocycles. The SMILES string of the molecule is COc1cc(C=NN)c(Br)cc1OCc1ccc(Cl)cc1Cl. The first-order chi connectivity index (χ1) is 10.5. The molecule has 0 saturated carbocycles. The molecule has 0 heterocycles. The van der Waals surface area contributed by atoms with E-state index in [0.717, 1.165) is 15.6 Å². The van der Waals surface area contributed by atoms with E-state index in [1.807, 2.05) is 6.07 Å². The lowest BCUT2D eigenvalue weighted by Gasteiger charge is -2.13. The number of nitrogens with zero attached hydrogens (tertiary/aromatic N) is 1. The monoisotopic (exact) mass is 402 g/mol. The van der Waals surface area contributed by atoms with E-state index in [1.54, 1.807) is 31.4 Å². The Kier molecular flexibility index (Phi) is 5.94. The maximum atomic E-state index is 6.13. The molecule has 2 rings (SSSR count). The average Bonchev–Trinajstić information content (AvgIpc) is 2.49. The van der Waals surface area contributed by atoms with Crippen molar-refractivity contribution >= 4 is 45.3 Å². The fourth-order valence-electron chi connectivity index (χ4n) is 1.80. The lowest BCUT2D eigenvalue weighted by atomic mass is 10.2. The fraction of sp³-hybridized carbons (Fsp3) is 0.133. The van der Waals surface area contributed by atoms with E-state index in [9.17, 15) is 0 Å². The van der Waals surface area contributed by atoms with Crippen LogP contribution in [0.1, 0.15) is 11.1 Å². The zero-order valence-corrected chi connectivity index (χ0v) is 14.7. The Morgan fingerprint density at radius 1 is 1.23 bits per heavy atom.